The van der Waals surface area contributed by atoms with Gasteiger partial charge in [0.05, 0.1) is 17.7 Å². The number of fused-ring (bicyclic) bond motifs is 1. The number of nitrogens with zero attached hydrogens (tertiary/aromatic N) is 1. The zero-order chi connectivity index (χ0) is 11.4. The molecule has 1 amide bonds. The van der Waals surface area contributed by atoms with Crippen molar-refractivity contribution >= 4 is 22.5 Å². The van der Waals surface area contributed by atoms with E-state index in [1.54, 1.807) is 13.2 Å². The van der Waals surface area contributed by atoms with Crippen LogP contribution in [0.4, 0.5) is 5.69 Å². The first kappa shape index (κ1) is 10.6. The molecular weight excluding hydrogens is 202 g/mol. The molecular formula is C12H13N3O. The summed E-state index contributed by atoms with van der Waals surface area (Å²) >= 11 is 0. The maximum atomic E-state index is 11.5. The number of nitrogens with one attached hydrogen (secondary N) is 2. The average molecular weight is 215 g/mol. The molecule has 0 fully saturated rings. The molecule has 0 spiro atoms. The van der Waals surface area contributed by atoms with Gasteiger partial charge in [0.2, 0.25) is 5.91 Å². The molecule has 1 heterocycles. The SMILES string of the molecule is CNCC(=O)Nc1cccc2ncccc12. The van der Waals surface area contributed by atoms with E-state index in [0.717, 1.165) is 16.6 Å². The van der Waals surface area contributed by atoms with Crippen molar-refractivity contribution in [3.63, 3.8) is 0 Å². The van der Waals surface area contributed by atoms with Crippen molar-refractivity contribution in [2.75, 3.05) is 18.9 Å². The van der Waals surface area contributed by atoms with E-state index in [1.165, 1.54) is 0 Å². The molecule has 0 aliphatic carbocycles. The van der Waals surface area contributed by atoms with Gasteiger partial charge in [-0.05, 0) is 31.3 Å². The van der Waals surface area contributed by atoms with Gasteiger partial charge >= 0.3 is 0 Å². The van der Waals surface area contributed by atoms with Crippen molar-refractivity contribution in [1.29, 1.82) is 0 Å². The number of aromatic nitrogens is 1. The van der Waals surface area contributed by atoms with Gasteiger partial charge in [-0.1, -0.05) is 6.07 Å². The largest absolute Gasteiger partial charge is 0.324 e. The molecule has 4 heteroatoms. The van der Waals surface area contributed by atoms with Crippen molar-refractivity contribution in [1.82, 2.24) is 10.3 Å². The monoisotopic (exact) mass is 215 g/mol. The Morgan fingerprint density at radius 2 is 2.19 bits per heavy atom. The van der Waals surface area contributed by atoms with E-state index in [1.807, 2.05) is 30.3 Å². The minimum absolute atomic E-state index is 0.0566. The Morgan fingerprint density at radius 1 is 1.31 bits per heavy atom. The summed E-state index contributed by atoms with van der Waals surface area (Å²) < 4.78 is 0. The number of pyridine rings is 1. The molecule has 0 saturated carbocycles. The van der Waals surface area contributed by atoms with Gasteiger partial charge in [-0.15, -0.1) is 0 Å². The van der Waals surface area contributed by atoms with Crippen LogP contribution in [0.5, 0.6) is 0 Å². The number of hydrogen-bond donors (Lipinski definition) is 2. The summed E-state index contributed by atoms with van der Waals surface area (Å²) in [6, 6.07) is 9.47. The number of rotatable bonds is 3. The lowest BCUT2D eigenvalue weighted by atomic mass is 10.2. The quantitative estimate of drug-likeness (QED) is 0.813. The first-order valence-corrected chi connectivity index (χ1v) is 5.09. The summed E-state index contributed by atoms with van der Waals surface area (Å²) in [6.45, 7) is 0.302. The number of likely N-dealkylation sites (N-methyl/N-ethyl adjacent to an activating group) is 1. The Morgan fingerprint density at radius 3 is 3.00 bits per heavy atom. The topological polar surface area (TPSA) is 54.0 Å². The Hall–Kier alpha value is -1.94. The van der Waals surface area contributed by atoms with E-state index in [9.17, 15) is 4.79 Å². The third-order valence-electron chi connectivity index (χ3n) is 2.26. The molecule has 0 aliphatic rings. The Labute approximate surface area is 93.7 Å². The highest BCUT2D eigenvalue weighted by molar-refractivity contribution is 6.01. The highest BCUT2D eigenvalue weighted by Gasteiger charge is 2.04. The molecule has 0 unspecified atom stereocenters. The Kier molecular flexibility index (Phi) is 3.12. The van der Waals surface area contributed by atoms with Gasteiger partial charge in [-0.25, -0.2) is 0 Å². The summed E-state index contributed by atoms with van der Waals surface area (Å²) in [7, 11) is 1.74. The fourth-order valence-corrected chi connectivity index (χ4v) is 1.57. The third-order valence-corrected chi connectivity index (χ3v) is 2.26. The van der Waals surface area contributed by atoms with Crippen molar-refractivity contribution in [3.8, 4) is 0 Å². The van der Waals surface area contributed by atoms with E-state index < -0.39 is 0 Å². The van der Waals surface area contributed by atoms with Crippen LogP contribution in [0.2, 0.25) is 0 Å². The predicted molar refractivity (Wildman–Crippen MR) is 64.3 cm³/mol. The zero-order valence-corrected chi connectivity index (χ0v) is 9.03. The molecule has 2 aromatic rings. The number of benzene rings is 1. The maximum Gasteiger partial charge on any atom is 0.238 e. The van der Waals surface area contributed by atoms with Crippen molar-refractivity contribution in [2.24, 2.45) is 0 Å². The van der Waals surface area contributed by atoms with Gasteiger partial charge in [-0.2, -0.15) is 0 Å². The second-order valence-electron chi connectivity index (χ2n) is 3.45. The van der Waals surface area contributed by atoms with E-state index in [2.05, 4.69) is 15.6 Å². The van der Waals surface area contributed by atoms with Gasteiger partial charge in [0.1, 0.15) is 0 Å². The summed E-state index contributed by atoms with van der Waals surface area (Å²) in [5, 5.41) is 6.61. The average Bonchev–Trinajstić information content (AvgIpc) is 2.30. The van der Waals surface area contributed by atoms with Crippen molar-refractivity contribution in [3.05, 3.63) is 36.5 Å². The van der Waals surface area contributed by atoms with Gasteiger partial charge < -0.3 is 10.6 Å². The molecule has 1 aromatic heterocycles. The number of hydrogen-bond acceptors (Lipinski definition) is 3. The van der Waals surface area contributed by atoms with Crippen LogP contribution in [0.25, 0.3) is 10.9 Å². The molecule has 0 saturated heterocycles. The van der Waals surface area contributed by atoms with Crippen LogP contribution in [0.15, 0.2) is 36.5 Å². The first-order chi connectivity index (χ1) is 7.81. The van der Waals surface area contributed by atoms with Gasteiger partial charge in [-0.3, -0.25) is 9.78 Å². The minimum Gasteiger partial charge on any atom is -0.324 e. The summed E-state index contributed by atoms with van der Waals surface area (Å²) in [5.74, 6) is -0.0566. The highest BCUT2D eigenvalue weighted by Crippen LogP contribution is 2.20. The fourth-order valence-electron chi connectivity index (χ4n) is 1.57. The normalized spacial score (nSPS) is 10.3. The van der Waals surface area contributed by atoms with Crippen LogP contribution in [0.1, 0.15) is 0 Å². The van der Waals surface area contributed by atoms with E-state index in [0.29, 0.717) is 6.54 Å². The van der Waals surface area contributed by atoms with Crippen LogP contribution >= 0.6 is 0 Å². The maximum absolute atomic E-state index is 11.5. The molecule has 2 N–H and O–H groups in total. The summed E-state index contributed by atoms with van der Waals surface area (Å²) in [6.07, 6.45) is 1.74. The molecule has 2 rings (SSSR count). The number of anilines is 1. The fraction of sp³-hybridized carbons (Fsp3) is 0.167. The molecule has 0 aliphatic heterocycles. The predicted octanol–water partition coefficient (Wildman–Crippen LogP) is 1.39. The molecule has 82 valence electrons. The number of carbonyl (C=O) groups is 1. The molecule has 0 bridgehead atoms. The van der Waals surface area contributed by atoms with E-state index in [4.69, 9.17) is 0 Å². The molecule has 1 aromatic carbocycles. The lowest BCUT2D eigenvalue weighted by Crippen LogP contribution is -2.25. The number of amides is 1. The molecule has 16 heavy (non-hydrogen) atoms. The van der Waals surface area contributed by atoms with Gasteiger partial charge in [0.25, 0.3) is 0 Å². The van der Waals surface area contributed by atoms with Crippen LogP contribution in [0.3, 0.4) is 0 Å². The Bertz CT molecular complexity index is 505. The second-order valence-corrected chi connectivity index (χ2v) is 3.45. The second kappa shape index (κ2) is 4.72. The molecule has 0 atom stereocenters. The zero-order valence-electron chi connectivity index (χ0n) is 9.03. The van der Waals surface area contributed by atoms with Crippen LogP contribution < -0.4 is 10.6 Å². The lowest BCUT2D eigenvalue weighted by molar-refractivity contribution is -0.115. The minimum atomic E-state index is -0.0566. The molecule has 4 nitrogen and oxygen atoms in total. The first-order valence-electron chi connectivity index (χ1n) is 5.09. The lowest BCUT2D eigenvalue weighted by Gasteiger charge is -2.07. The van der Waals surface area contributed by atoms with E-state index >= 15 is 0 Å². The van der Waals surface area contributed by atoms with Crippen molar-refractivity contribution in [2.45, 2.75) is 0 Å². The number of carbonyl (C=O) groups excluding carboxylic acids is 1. The van der Waals surface area contributed by atoms with Gasteiger partial charge in [0, 0.05) is 11.6 Å². The summed E-state index contributed by atoms with van der Waals surface area (Å²) in [5.41, 5.74) is 1.68. The standard InChI is InChI=1S/C12H13N3O/c1-13-8-12(16)15-11-6-2-5-10-9(11)4-3-7-14-10/h2-7,13H,8H2,1H3,(H,15,16). The molecule has 0 radical (unpaired) electrons. The van der Waals surface area contributed by atoms with Gasteiger partial charge in [0.15, 0.2) is 0 Å². The van der Waals surface area contributed by atoms with Crippen LogP contribution in [-0.4, -0.2) is 24.5 Å². The highest BCUT2D eigenvalue weighted by atomic mass is 16.1. The Balaban J connectivity index is 2.33. The third kappa shape index (κ3) is 2.17. The van der Waals surface area contributed by atoms with E-state index in [-0.39, 0.29) is 5.91 Å². The smallest absolute Gasteiger partial charge is 0.238 e. The van der Waals surface area contributed by atoms with Crippen LogP contribution in [-0.2, 0) is 4.79 Å². The van der Waals surface area contributed by atoms with Crippen molar-refractivity contribution < 1.29 is 4.79 Å². The van der Waals surface area contributed by atoms with Crippen LogP contribution in [0, 0.1) is 0 Å². The summed E-state index contributed by atoms with van der Waals surface area (Å²) in [4.78, 5) is 15.7.